The number of unbranched alkanes of at least 4 members (excludes halogenated alkanes) is 36. The third kappa shape index (κ3) is 66.7. The molecule has 546 valence electrons. The summed E-state index contributed by atoms with van der Waals surface area (Å²) in [7, 11) is -9.91. The van der Waals surface area contributed by atoms with Crippen molar-refractivity contribution in [1.82, 2.24) is 0 Å². The van der Waals surface area contributed by atoms with Gasteiger partial charge in [0, 0.05) is 25.7 Å². The molecule has 0 aromatic heterocycles. The minimum atomic E-state index is -4.95. The highest BCUT2D eigenvalue weighted by Gasteiger charge is 2.30. The lowest BCUT2D eigenvalue weighted by molar-refractivity contribution is -0.161. The van der Waals surface area contributed by atoms with E-state index in [1.165, 1.54) is 161 Å². The number of phosphoric acid groups is 2. The van der Waals surface area contributed by atoms with Crippen molar-refractivity contribution in [2.75, 3.05) is 39.6 Å². The van der Waals surface area contributed by atoms with Crippen LogP contribution in [0.3, 0.4) is 0 Å². The van der Waals surface area contributed by atoms with Gasteiger partial charge < -0.3 is 33.8 Å². The minimum Gasteiger partial charge on any atom is -0.462 e. The molecular formula is C73H142O17P2. The van der Waals surface area contributed by atoms with Gasteiger partial charge in [0.05, 0.1) is 26.4 Å². The van der Waals surface area contributed by atoms with Gasteiger partial charge in [0.15, 0.2) is 12.2 Å². The molecule has 0 aromatic rings. The van der Waals surface area contributed by atoms with Gasteiger partial charge in [0.25, 0.3) is 0 Å². The van der Waals surface area contributed by atoms with Gasteiger partial charge in [0.2, 0.25) is 0 Å². The van der Waals surface area contributed by atoms with Crippen molar-refractivity contribution in [2.45, 2.75) is 382 Å². The Balaban J connectivity index is 5.23. The van der Waals surface area contributed by atoms with Crippen molar-refractivity contribution < 1.29 is 80.2 Å². The number of phosphoric ester groups is 2. The summed E-state index contributed by atoms with van der Waals surface area (Å²) in [5.41, 5.74) is 0. The Labute approximate surface area is 562 Å². The topological polar surface area (TPSA) is 237 Å². The highest BCUT2D eigenvalue weighted by atomic mass is 31.2. The molecule has 3 unspecified atom stereocenters. The zero-order valence-electron chi connectivity index (χ0n) is 60.2. The van der Waals surface area contributed by atoms with Crippen LogP contribution in [0, 0.1) is 23.7 Å². The summed E-state index contributed by atoms with van der Waals surface area (Å²) in [4.78, 5) is 72.7. The number of aliphatic hydroxyl groups excluding tert-OH is 1. The van der Waals surface area contributed by atoms with Crippen LogP contribution in [0.1, 0.15) is 364 Å². The predicted octanol–water partition coefficient (Wildman–Crippen LogP) is 20.9. The molecule has 5 atom stereocenters. The molecule has 3 N–H and O–H groups in total. The van der Waals surface area contributed by atoms with E-state index in [-0.39, 0.29) is 25.7 Å². The molecule has 0 fully saturated rings. The molecule has 19 heteroatoms. The summed E-state index contributed by atoms with van der Waals surface area (Å²) in [6.45, 7) is 14.1. The molecule has 0 bridgehead atoms. The number of ether oxygens (including phenoxy) is 4. The average molecular weight is 1350 g/mol. The van der Waals surface area contributed by atoms with Crippen molar-refractivity contribution in [1.29, 1.82) is 0 Å². The van der Waals surface area contributed by atoms with E-state index in [0.717, 1.165) is 114 Å². The van der Waals surface area contributed by atoms with Crippen LogP contribution in [0.15, 0.2) is 0 Å². The van der Waals surface area contributed by atoms with Gasteiger partial charge in [-0.1, -0.05) is 312 Å². The Morgan fingerprint density at radius 3 is 0.674 bits per heavy atom. The number of hydrogen-bond acceptors (Lipinski definition) is 15. The summed E-state index contributed by atoms with van der Waals surface area (Å²) < 4.78 is 68.4. The number of carbonyl (C=O) groups is 4. The normalized spacial score (nSPS) is 14.2. The Kier molecular flexibility index (Phi) is 61.3. The van der Waals surface area contributed by atoms with Crippen molar-refractivity contribution in [3.8, 4) is 0 Å². The minimum absolute atomic E-state index is 0.105. The first-order valence-corrected chi connectivity index (χ1v) is 40.7. The number of carbonyl (C=O) groups excluding carboxylic acids is 4. The summed E-state index contributed by atoms with van der Waals surface area (Å²) in [6, 6.07) is 0. The maximum absolute atomic E-state index is 13.0. The SMILES string of the molecule is CC(C)CCCCCCCCCCCCCCCCC(=O)OC[C@H](COP(=O)(O)OCC(O)COP(=O)(O)OC[C@@H](COC(=O)CCCCCCCCCC(C)C)OC(=O)CCCCCCCCCCCCC(C)C)OC(=O)CCCCCCCCCCCC(C)C. The molecule has 0 radical (unpaired) electrons. The molecule has 0 aliphatic heterocycles. The third-order valence-electron chi connectivity index (χ3n) is 16.8. The fraction of sp³-hybridized carbons (Fsp3) is 0.945. The maximum atomic E-state index is 13.0. The van der Waals surface area contributed by atoms with Crippen molar-refractivity contribution >= 4 is 39.5 Å². The lowest BCUT2D eigenvalue weighted by atomic mass is 10.0. The second kappa shape index (κ2) is 62.6. The highest BCUT2D eigenvalue weighted by Crippen LogP contribution is 2.45. The smallest absolute Gasteiger partial charge is 0.462 e. The van der Waals surface area contributed by atoms with E-state index in [2.05, 4.69) is 55.4 Å². The van der Waals surface area contributed by atoms with E-state index in [0.29, 0.717) is 31.6 Å². The van der Waals surface area contributed by atoms with Gasteiger partial charge in [-0.2, -0.15) is 0 Å². The second-order valence-electron chi connectivity index (χ2n) is 28.2. The van der Waals surface area contributed by atoms with Gasteiger partial charge >= 0.3 is 39.5 Å². The fourth-order valence-corrected chi connectivity index (χ4v) is 12.6. The second-order valence-corrected chi connectivity index (χ2v) is 31.1. The standard InChI is InChI=1S/C73H142O17P2/c1-63(2)49-41-33-25-18-13-11-9-10-12-14-21-29-37-45-53-70(75)83-59-68(90-73(78)56-48-40-31-23-17-20-27-35-43-51-65(5)6)61-87-91(79,80)85-57-67(74)58-86-92(81,82)88-62-69(60-84-71(76)54-46-38-32-24-28-36-44-52-66(7)8)89-72(77)55-47-39-30-22-16-15-19-26-34-42-50-64(3)4/h63-69,74H,9-62H2,1-8H3,(H,79,80)(H,81,82)/t67?,68-,69-/m1/s1. The van der Waals surface area contributed by atoms with Crippen molar-refractivity contribution in [3.05, 3.63) is 0 Å². The lowest BCUT2D eigenvalue weighted by Crippen LogP contribution is -2.30. The Morgan fingerprint density at radius 1 is 0.272 bits per heavy atom. The molecule has 0 aromatic carbocycles. The van der Waals surface area contributed by atoms with Gasteiger partial charge in [-0.05, 0) is 49.4 Å². The number of esters is 4. The van der Waals surface area contributed by atoms with Crippen LogP contribution < -0.4 is 0 Å². The Bertz CT molecular complexity index is 1820. The summed E-state index contributed by atoms with van der Waals surface area (Å²) in [6.07, 6.45) is 45.9. The lowest BCUT2D eigenvalue weighted by Gasteiger charge is -2.21. The zero-order chi connectivity index (χ0) is 68.2. The maximum Gasteiger partial charge on any atom is 0.472 e. The summed E-state index contributed by atoms with van der Waals surface area (Å²) in [5.74, 6) is 0.866. The van der Waals surface area contributed by atoms with Crippen LogP contribution in [-0.2, 0) is 65.4 Å². The van der Waals surface area contributed by atoms with E-state index < -0.39 is 97.5 Å². The quantitative estimate of drug-likeness (QED) is 0.0222. The number of hydrogen-bond donors (Lipinski definition) is 3. The summed E-state index contributed by atoms with van der Waals surface area (Å²) in [5, 5.41) is 10.6. The van der Waals surface area contributed by atoms with Crippen LogP contribution in [0.25, 0.3) is 0 Å². The molecule has 0 amide bonds. The molecule has 0 rings (SSSR count). The fourth-order valence-electron chi connectivity index (χ4n) is 11.0. The molecule has 0 heterocycles. The first kappa shape index (κ1) is 90.1. The Hall–Kier alpha value is -1.94. The molecule has 17 nitrogen and oxygen atoms in total. The largest absolute Gasteiger partial charge is 0.472 e. The van der Waals surface area contributed by atoms with E-state index in [4.69, 9.17) is 37.0 Å². The molecular weight excluding hydrogens is 1210 g/mol. The predicted molar refractivity (Wildman–Crippen MR) is 372 cm³/mol. The van der Waals surface area contributed by atoms with Crippen LogP contribution in [0.2, 0.25) is 0 Å². The number of rotatable bonds is 70. The molecule has 92 heavy (non-hydrogen) atoms. The Morgan fingerprint density at radius 2 is 0.457 bits per heavy atom. The van der Waals surface area contributed by atoms with Gasteiger partial charge in [-0.3, -0.25) is 37.3 Å². The van der Waals surface area contributed by atoms with Crippen LogP contribution in [0.4, 0.5) is 0 Å². The van der Waals surface area contributed by atoms with Crippen molar-refractivity contribution in [2.24, 2.45) is 23.7 Å². The van der Waals surface area contributed by atoms with Crippen LogP contribution in [0.5, 0.6) is 0 Å². The van der Waals surface area contributed by atoms with Crippen molar-refractivity contribution in [3.63, 3.8) is 0 Å². The summed E-state index contributed by atoms with van der Waals surface area (Å²) >= 11 is 0. The van der Waals surface area contributed by atoms with Crippen LogP contribution >= 0.6 is 15.6 Å². The molecule has 0 aliphatic carbocycles. The first-order valence-electron chi connectivity index (χ1n) is 37.7. The highest BCUT2D eigenvalue weighted by molar-refractivity contribution is 7.47. The van der Waals surface area contributed by atoms with Gasteiger partial charge in [-0.25, -0.2) is 9.13 Å². The van der Waals surface area contributed by atoms with E-state index in [9.17, 15) is 43.2 Å². The molecule has 0 aliphatic rings. The van der Waals surface area contributed by atoms with E-state index >= 15 is 0 Å². The molecule has 0 saturated carbocycles. The monoisotopic (exact) mass is 1350 g/mol. The van der Waals surface area contributed by atoms with E-state index in [1.54, 1.807) is 0 Å². The molecule has 0 spiro atoms. The average Bonchev–Trinajstić information content (AvgIpc) is 1.45. The first-order chi connectivity index (χ1) is 44.1. The van der Waals surface area contributed by atoms with Crippen LogP contribution in [-0.4, -0.2) is 96.7 Å². The zero-order valence-corrected chi connectivity index (χ0v) is 62.0. The number of aliphatic hydroxyl groups is 1. The van der Waals surface area contributed by atoms with E-state index in [1.807, 2.05) is 0 Å². The molecule has 0 saturated heterocycles. The van der Waals surface area contributed by atoms with Gasteiger partial charge in [-0.15, -0.1) is 0 Å². The van der Waals surface area contributed by atoms with Gasteiger partial charge in [0.1, 0.15) is 19.3 Å². The third-order valence-corrected chi connectivity index (χ3v) is 18.7.